The Morgan fingerprint density at radius 3 is 1.96 bits per heavy atom. The fourth-order valence-corrected chi connectivity index (χ4v) is 6.54. The van der Waals surface area contributed by atoms with Gasteiger partial charge < -0.3 is 4.43 Å². The van der Waals surface area contributed by atoms with Crippen LogP contribution in [0.2, 0.25) is 18.1 Å². The molecule has 1 fully saturated rings. The van der Waals surface area contributed by atoms with Crippen molar-refractivity contribution in [3.63, 3.8) is 0 Å². The summed E-state index contributed by atoms with van der Waals surface area (Å²) in [6.45, 7) is 6.44. The molecule has 4 nitrogen and oxygen atoms in total. The van der Waals surface area contributed by atoms with Gasteiger partial charge in [-0.25, -0.2) is 0 Å². The highest BCUT2D eigenvalue weighted by atomic mass is 28.4. The summed E-state index contributed by atoms with van der Waals surface area (Å²) in [5.41, 5.74) is 1.47. The summed E-state index contributed by atoms with van der Waals surface area (Å²) in [6.07, 6.45) is -0.563. The predicted molar refractivity (Wildman–Crippen MR) is 109 cm³/mol. The van der Waals surface area contributed by atoms with Crippen LogP contribution in [0.5, 0.6) is 0 Å². The second-order valence-electron chi connectivity index (χ2n) is 7.02. The summed E-state index contributed by atoms with van der Waals surface area (Å²) in [6, 6.07) is 21.3. The molecule has 1 aliphatic heterocycles. The molecule has 3 rings (SSSR count). The van der Waals surface area contributed by atoms with Crippen molar-refractivity contribution in [2.24, 2.45) is 0 Å². The number of rotatable bonds is 7. The van der Waals surface area contributed by atoms with Crippen LogP contribution < -0.4 is 0 Å². The van der Waals surface area contributed by atoms with E-state index in [0.717, 1.165) is 23.7 Å². The zero-order chi connectivity index (χ0) is 19.4. The number of nitrogens with zero attached hydrogens (tertiary/aromatic N) is 1. The number of β-lactam (4-membered cyclic amide) rings is 1. The van der Waals surface area contributed by atoms with Gasteiger partial charge in [0.15, 0.2) is 14.4 Å². The SMILES string of the molecule is CC[Si](CC)(CC)OC1C(=O)N(C(=O)c2ccccc2)[C@H]1c1ccccc1. The lowest BCUT2D eigenvalue weighted by Gasteiger charge is -2.48. The van der Waals surface area contributed by atoms with Gasteiger partial charge in [0, 0.05) is 5.56 Å². The van der Waals surface area contributed by atoms with E-state index >= 15 is 0 Å². The highest BCUT2D eigenvalue weighted by Crippen LogP contribution is 2.41. The fraction of sp³-hybridized carbons (Fsp3) is 0.364. The normalized spacial score (nSPS) is 19.7. The summed E-state index contributed by atoms with van der Waals surface area (Å²) < 4.78 is 6.51. The number of imide groups is 1. The van der Waals surface area contributed by atoms with E-state index in [2.05, 4.69) is 20.8 Å². The van der Waals surface area contributed by atoms with Gasteiger partial charge in [-0.05, 0) is 35.8 Å². The number of amides is 2. The molecule has 1 aliphatic rings. The minimum Gasteiger partial charge on any atom is -0.403 e. The molecule has 142 valence electrons. The lowest BCUT2D eigenvalue weighted by atomic mass is 9.90. The largest absolute Gasteiger partial charge is 0.403 e. The van der Waals surface area contributed by atoms with Gasteiger partial charge in [-0.15, -0.1) is 0 Å². The maximum atomic E-state index is 13.0. The molecule has 0 saturated carbocycles. The van der Waals surface area contributed by atoms with Crippen LogP contribution in [0.25, 0.3) is 0 Å². The monoisotopic (exact) mass is 381 g/mol. The summed E-state index contributed by atoms with van der Waals surface area (Å²) in [4.78, 5) is 27.4. The number of carbonyl (C=O) groups is 2. The lowest BCUT2D eigenvalue weighted by molar-refractivity contribution is -0.158. The molecule has 0 radical (unpaired) electrons. The number of carbonyl (C=O) groups excluding carboxylic acids is 2. The fourth-order valence-electron chi connectivity index (χ4n) is 3.77. The van der Waals surface area contributed by atoms with E-state index in [9.17, 15) is 9.59 Å². The van der Waals surface area contributed by atoms with E-state index in [4.69, 9.17) is 4.43 Å². The molecule has 27 heavy (non-hydrogen) atoms. The molecule has 0 aromatic heterocycles. The Morgan fingerprint density at radius 1 is 0.926 bits per heavy atom. The van der Waals surface area contributed by atoms with E-state index in [0.29, 0.717) is 5.56 Å². The Balaban J connectivity index is 1.94. The van der Waals surface area contributed by atoms with Crippen LogP contribution >= 0.6 is 0 Å². The zero-order valence-corrected chi connectivity index (χ0v) is 17.2. The van der Waals surface area contributed by atoms with Gasteiger partial charge >= 0.3 is 0 Å². The summed E-state index contributed by atoms with van der Waals surface area (Å²) in [5.74, 6) is -0.476. The van der Waals surface area contributed by atoms with Crippen molar-refractivity contribution in [3.05, 3.63) is 71.8 Å². The first-order valence-electron chi connectivity index (χ1n) is 9.72. The molecule has 0 aliphatic carbocycles. The van der Waals surface area contributed by atoms with Crippen LogP contribution in [-0.4, -0.2) is 31.1 Å². The molecule has 2 amide bonds. The molecule has 2 aromatic carbocycles. The van der Waals surface area contributed by atoms with Crippen LogP contribution in [0.4, 0.5) is 0 Å². The van der Waals surface area contributed by atoms with Crippen molar-refractivity contribution < 1.29 is 14.0 Å². The standard InChI is InChI=1S/C22H27NO3Si/c1-4-27(5-2,6-3)26-20-19(17-13-9-7-10-14-17)23(22(20)25)21(24)18-15-11-8-12-16-18/h7-16,19-20H,4-6H2,1-3H3/t19-,20?/m0/s1. The second-order valence-corrected chi connectivity index (χ2v) is 11.7. The van der Waals surface area contributed by atoms with Crippen molar-refractivity contribution in [1.82, 2.24) is 4.90 Å². The average molecular weight is 382 g/mol. The Hall–Kier alpha value is -2.24. The highest BCUT2D eigenvalue weighted by molar-refractivity contribution is 6.73. The topological polar surface area (TPSA) is 46.6 Å². The molecular weight excluding hydrogens is 354 g/mol. The van der Waals surface area contributed by atoms with E-state index in [1.807, 2.05) is 48.5 Å². The van der Waals surface area contributed by atoms with Gasteiger partial charge in [0.1, 0.15) is 0 Å². The van der Waals surface area contributed by atoms with Crippen molar-refractivity contribution in [1.29, 1.82) is 0 Å². The molecule has 0 spiro atoms. The van der Waals surface area contributed by atoms with Crippen LogP contribution in [0.1, 0.15) is 42.7 Å². The van der Waals surface area contributed by atoms with Gasteiger partial charge in [-0.1, -0.05) is 69.3 Å². The third-order valence-corrected chi connectivity index (χ3v) is 10.4. The molecule has 2 atom stereocenters. The number of likely N-dealkylation sites (tertiary alicyclic amines) is 1. The van der Waals surface area contributed by atoms with E-state index in [1.54, 1.807) is 12.1 Å². The average Bonchev–Trinajstić information content (AvgIpc) is 2.74. The van der Waals surface area contributed by atoms with Crippen LogP contribution in [-0.2, 0) is 9.22 Å². The molecule has 0 N–H and O–H groups in total. The molecule has 0 bridgehead atoms. The minimum absolute atomic E-state index is 0.218. The van der Waals surface area contributed by atoms with Gasteiger partial charge in [-0.3, -0.25) is 14.5 Å². The number of benzene rings is 2. The first-order valence-corrected chi connectivity index (χ1v) is 12.2. The van der Waals surface area contributed by atoms with Crippen LogP contribution in [0, 0.1) is 0 Å². The summed E-state index contributed by atoms with van der Waals surface area (Å²) in [7, 11) is -1.97. The van der Waals surface area contributed by atoms with Gasteiger partial charge in [0.2, 0.25) is 0 Å². The smallest absolute Gasteiger partial charge is 0.261 e. The molecule has 2 aromatic rings. The summed E-state index contributed by atoms with van der Waals surface area (Å²) in [5, 5.41) is 0. The molecular formula is C22H27NO3Si. The molecule has 1 saturated heterocycles. The van der Waals surface area contributed by atoms with Crippen molar-refractivity contribution >= 4 is 20.1 Å². The van der Waals surface area contributed by atoms with E-state index in [-0.39, 0.29) is 17.9 Å². The van der Waals surface area contributed by atoms with Crippen molar-refractivity contribution in [2.75, 3.05) is 0 Å². The summed E-state index contributed by atoms with van der Waals surface area (Å²) >= 11 is 0. The van der Waals surface area contributed by atoms with E-state index in [1.165, 1.54) is 4.90 Å². The third kappa shape index (κ3) is 3.62. The van der Waals surface area contributed by atoms with Crippen molar-refractivity contribution in [2.45, 2.75) is 51.0 Å². The van der Waals surface area contributed by atoms with Gasteiger partial charge in [0.05, 0.1) is 6.04 Å². The maximum absolute atomic E-state index is 13.0. The van der Waals surface area contributed by atoms with Gasteiger partial charge in [0.25, 0.3) is 11.8 Å². The Bertz CT molecular complexity index is 781. The first-order chi connectivity index (χ1) is 13.1. The zero-order valence-electron chi connectivity index (χ0n) is 16.2. The lowest BCUT2D eigenvalue weighted by Crippen LogP contribution is -2.64. The van der Waals surface area contributed by atoms with Crippen LogP contribution in [0.15, 0.2) is 60.7 Å². The second kappa shape index (κ2) is 8.19. The first kappa shape index (κ1) is 19.5. The van der Waals surface area contributed by atoms with Crippen LogP contribution in [0.3, 0.4) is 0 Å². The number of hydrogen-bond donors (Lipinski definition) is 0. The quantitative estimate of drug-likeness (QED) is 0.393. The minimum atomic E-state index is -1.97. The molecule has 1 unspecified atom stereocenters. The Labute approximate surface area is 162 Å². The third-order valence-electron chi connectivity index (χ3n) is 5.74. The predicted octanol–water partition coefficient (Wildman–Crippen LogP) is 4.80. The van der Waals surface area contributed by atoms with Gasteiger partial charge in [-0.2, -0.15) is 0 Å². The molecule has 5 heteroatoms. The molecule has 1 heterocycles. The maximum Gasteiger partial charge on any atom is 0.261 e. The number of hydrogen-bond acceptors (Lipinski definition) is 3. The van der Waals surface area contributed by atoms with E-state index < -0.39 is 14.4 Å². The Morgan fingerprint density at radius 2 is 1.44 bits per heavy atom. The highest BCUT2D eigenvalue weighted by Gasteiger charge is 2.54. The van der Waals surface area contributed by atoms with Crippen molar-refractivity contribution in [3.8, 4) is 0 Å². The Kier molecular flexibility index (Phi) is 5.92.